The first-order chi connectivity index (χ1) is 51.2. The normalized spacial score (nSPS) is 13.9. The van der Waals surface area contributed by atoms with Gasteiger partial charge in [-0.05, 0) is 73.7 Å². The molecule has 0 saturated carbocycles. The van der Waals surface area contributed by atoms with E-state index in [0.29, 0.717) is 113 Å². The maximum Gasteiger partial charge on any atom is 0.246 e. The van der Waals surface area contributed by atoms with Crippen molar-refractivity contribution in [2.75, 3.05) is 145 Å². The van der Waals surface area contributed by atoms with E-state index in [9.17, 15) is 52.5 Å². The monoisotopic (exact) mass is 1530 g/mol. The smallest absolute Gasteiger partial charge is 0.246 e. The molecule has 0 spiro atoms. The van der Waals surface area contributed by atoms with Gasteiger partial charge in [-0.25, -0.2) is 46.3 Å². The van der Waals surface area contributed by atoms with E-state index in [0.717, 1.165) is 18.2 Å². The van der Waals surface area contributed by atoms with Crippen molar-refractivity contribution in [3.8, 4) is 50.6 Å². The number of amides is 5. The Morgan fingerprint density at radius 3 is 1.21 bits per heavy atom. The van der Waals surface area contributed by atoms with Crippen LogP contribution in [0.1, 0.15) is 33.1 Å². The van der Waals surface area contributed by atoms with E-state index < -0.39 is 52.2 Å². The maximum absolute atomic E-state index is 16.1. The van der Waals surface area contributed by atoms with Crippen LogP contribution in [-0.2, 0) is 24.0 Å². The number of hydrogen-bond donors (Lipinski definition) is 5. The zero-order valence-corrected chi connectivity index (χ0v) is 61.3. The number of hydrogen-bond acceptors (Lipinski definition) is 19. The molecule has 24 nitrogen and oxygen atoms in total. The molecular formula is C74H75Cl3F6N16O8. The Hall–Kier alpha value is -11.0. The van der Waals surface area contributed by atoms with Crippen LogP contribution in [0.2, 0.25) is 15.1 Å². The number of aromatic nitrogens is 6. The summed E-state index contributed by atoms with van der Waals surface area (Å²) in [6, 6.07) is 15.4. The van der Waals surface area contributed by atoms with E-state index >= 15 is 13.2 Å². The first kappa shape index (κ1) is 78.6. The predicted octanol–water partition coefficient (Wildman–Crippen LogP) is 11.7. The summed E-state index contributed by atoms with van der Waals surface area (Å²) in [5, 5.41) is 37.3. The molecule has 5 N–H and O–H groups in total. The minimum absolute atomic E-state index is 0.0283. The van der Waals surface area contributed by atoms with Crippen molar-refractivity contribution in [1.29, 1.82) is 0 Å². The third-order valence-electron chi connectivity index (χ3n) is 18.0. The molecule has 3 saturated heterocycles. The number of rotatable bonds is 17. The van der Waals surface area contributed by atoms with Gasteiger partial charge in [0.05, 0.1) is 31.8 Å². The number of anilines is 5. The molecule has 3 aromatic heterocycles. The zero-order chi connectivity index (χ0) is 77.2. The van der Waals surface area contributed by atoms with E-state index in [1.165, 1.54) is 82.9 Å². The molecule has 0 bridgehead atoms. The van der Waals surface area contributed by atoms with Gasteiger partial charge < -0.3 is 65.2 Å². The van der Waals surface area contributed by atoms with Gasteiger partial charge in [0.25, 0.3) is 0 Å². The van der Waals surface area contributed by atoms with Crippen molar-refractivity contribution in [2.24, 2.45) is 0 Å². The van der Waals surface area contributed by atoms with Crippen LogP contribution in [0.4, 0.5) is 55.7 Å². The number of phenolic OH excluding ortho intramolecular Hbond substituents is 3. The van der Waals surface area contributed by atoms with Gasteiger partial charge in [0.2, 0.25) is 41.4 Å². The number of piperazine rings is 3. The van der Waals surface area contributed by atoms with Gasteiger partial charge in [-0.15, -0.1) is 0 Å². The quantitative estimate of drug-likeness (QED) is 0.0419. The number of nitrogens with zero attached hydrogens (tertiary/aromatic N) is 14. The lowest BCUT2D eigenvalue weighted by Gasteiger charge is -2.36. The van der Waals surface area contributed by atoms with Crippen LogP contribution < -0.4 is 25.3 Å². The van der Waals surface area contributed by atoms with E-state index in [4.69, 9.17) is 34.8 Å². The standard InChI is InChI=1S/C26H29ClF2N6O3.C26H27ClF2N6O3.C22H19ClF2N4O2/c2*1-4-19(37)34-10-12-35(13-11-34)25-15-14-16(27)21(22-17(28)6-5-7-18(22)36)23(29)24(15)31-26(32-25)30-9-8-20(38)33(2)3;1-2-4-17(31)28-7-9-29(10-8-28)22-13-11-14(23)18(20(25)21(13)26-12-27-22)19-15(24)5-3-6-16(19)30/h5-7,14,36H,4,8-13H2,1-3H3,(H,30,31,32);4-7,14,36H,1,8-13H2,2-3H3,(H,30,31,32);2-6,11-12,30H,7-10H2,1H3/b;;4-2+. The molecule has 5 amide bonds. The second-order valence-electron chi connectivity index (χ2n) is 25.2. The van der Waals surface area contributed by atoms with E-state index in [1.54, 1.807) is 62.8 Å². The molecule has 3 aliphatic heterocycles. The minimum atomic E-state index is -0.926. The maximum atomic E-state index is 16.1. The topological polar surface area (TPSA) is 273 Å². The van der Waals surface area contributed by atoms with Crippen molar-refractivity contribution in [3.63, 3.8) is 0 Å². The molecule has 3 fully saturated rings. The molecule has 6 aromatic carbocycles. The molecule has 33 heteroatoms. The van der Waals surface area contributed by atoms with Crippen molar-refractivity contribution in [2.45, 2.75) is 33.1 Å². The predicted molar refractivity (Wildman–Crippen MR) is 400 cm³/mol. The molecule has 562 valence electrons. The van der Waals surface area contributed by atoms with Crippen LogP contribution in [0.5, 0.6) is 17.2 Å². The Labute approximate surface area is 626 Å². The van der Waals surface area contributed by atoms with Crippen LogP contribution in [0, 0.1) is 34.9 Å². The molecular weight excluding hydrogens is 1460 g/mol. The summed E-state index contributed by atoms with van der Waals surface area (Å²) >= 11 is 19.3. The van der Waals surface area contributed by atoms with Crippen molar-refractivity contribution in [1.82, 2.24) is 54.4 Å². The molecule has 107 heavy (non-hydrogen) atoms. The van der Waals surface area contributed by atoms with Crippen molar-refractivity contribution >= 4 is 126 Å². The molecule has 0 aliphatic carbocycles. The first-order valence-corrected chi connectivity index (χ1v) is 35.0. The summed E-state index contributed by atoms with van der Waals surface area (Å²) in [6.07, 6.45) is 6.43. The summed E-state index contributed by atoms with van der Waals surface area (Å²) in [5.74, 6) is -5.54. The minimum Gasteiger partial charge on any atom is -0.507 e. The summed E-state index contributed by atoms with van der Waals surface area (Å²) in [6.45, 7) is 12.9. The summed E-state index contributed by atoms with van der Waals surface area (Å²) < 4.78 is 91.3. The molecule has 12 rings (SSSR count). The van der Waals surface area contributed by atoms with Crippen LogP contribution in [0.15, 0.2) is 104 Å². The van der Waals surface area contributed by atoms with E-state index in [1.807, 2.05) is 14.7 Å². The Bertz CT molecular complexity index is 4880. The first-order valence-electron chi connectivity index (χ1n) is 33.9. The third kappa shape index (κ3) is 17.3. The Balaban J connectivity index is 0.000000172. The van der Waals surface area contributed by atoms with Gasteiger partial charge in [0.15, 0.2) is 17.5 Å². The lowest BCUT2D eigenvalue weighted by atomic mass is 10.0. The highest BCUT2D eigenvalue weighted by atomic mass is 35.5. The number of benzene rings is 6. The number of aromatic hydroxyl groups is 3. The van der Waals surface area contributed by atoms with Crippen molar-refractivity contribution < 1.29 is 65.6 Å². The van der Waals surface area contributed by atoms with Gasteiger partial charge in [-0.1, -0.05) is 72.6 Å². The molecule has 0 unspecified atom stereocenters. The number of allylic oxidation sites excluding steroid dienone is 1. The highest BCUT2D eigenvalue weighted by Crippen LogP contribution is 2.46. The van der Waals surface area contributed by atoms with Gasteiger partial charge in [0, 0.05) is 172 Å². The average molecular weight is 1540 g/mol. The van der Waals surface area contributed by atoms with Crippen LogP contribution in [0.3, 0.4) is 0 Å². The van der Waals surface area contributed by atoms with E-state index in [2.05, 4.69) is 47.1 Å². The van der Waals surface area contributed by atoms with Crippen LogP contribution in [0.25, 0.3) is 66.1 Å². The Morgan fingerprint density at radius 1 is 0.495 bits per heavy atom. The van der Waals surface area contributed by atoms with Crippen molar-refractivity contribution in [3.05, 3.63) is 154 Å². The van der Waals surface area contributed by atoms with Gasteiger partial charge >= 0.3 is 0 Å². The number of fused-ring (bicyclic) bond motifs is 3. The highest BCUT2D eigenvalue weighted by Gasteiger charge is 2.32. The number of carbonyl (C=O) groups is 5. The Kier molecular flexibility index (Phi) is 25.3. The number of nitrogens with one attached hydrogen (secondary N) is 2. The number of halogens is 9. The molecule has 9 aromatic rings. The second-order valence-corrected chi connectivity index (χ2v) is 26.4. The molecule has 6 heterocycles. The summed E-state index contributed by atoms with van der Waals surface area (Å²) in [5.41, 5.74) is -2.23. The fourth-order valence-electron chi connectivity index (χ4n) is 12.4. The largest absolute Gasteiger partial charge is 0.507 e. The van der Waals surface area contributed by atoms with E-state index in [-0.39, 0.29) is 138 Å². The SMILES string of the molecule is C/C=C/C(=O)N1CCN(c2ncnc3c(F)c(-c4c(O)cccc4F)c(Cl)cc23)CC1.C=CC(=O)N1CCN(c2nc(NCCC(=O)N(C)C)nc3c(F)c(-c4c(O)cccc4F)c(Cl)cc23)CC1.CCC(=O)N1CCN(c2nc(NCCC(=O)N(C)C)nc3c(F)c(-c4c(O)cccc4F)c(Cl)cc23)CC1. The molecule has 0 atom stereocenters. The van der Waals surface area contributed by atoms with Crippen LogP contribution >= 0.6 is 34.8 Å². The van der Waals surface area contributed by atoms with Crippen LogP contribution in [-0.4, -0.2) is 219 Å². The highest BCUT2D eigenvalue weighted by molar-refractivity contribution is 6.35. The van der Waals surface area contributed by atoms with Gasteiger partial charge in [-0.2, -0.15) is 9.97 Å². The molecule has 0 radical (unpaired) electrons. The number of carbonyl (C=O) groups excluding carboxylic acids is 5. The lowest BCUT2D eigenvalue weighted by molar-refractivity contribution is -0.131. The fraction of sp³-hybridized carbons (Fsp3) is 0.311. The van der Waals surface area contributed by atoms with Gasteiger partial charge in [-0.3, -0.25) is 24.0 Å². The summed E-state index contributed by atoms with van der Waals surface area (Å²) in [7, 11) is 6.58. The van der Waals surface area contributed by atoms with Gasteiger partial charge in [0.1, 0.15) is 75.0 Å². The average Bonchev–Trinajstić information content (AvgIpc) is 0.761. The Morgan fingerprint density at radius 2 is 0.850 bits per heavy atom. The lowest BCUT2D eigenvalue weighted by Crippen LogP contribution is -2.49. The third-order valence-corrected chi connectivity index (χ3v) is 18.9. The second kappa shape index (κ2) is 34.5. The summed E-state index contributed by atoms with van der Waals surface area (Å²) in [4.78, 5) is 100. The fourth-order valence-corrected chi connectivity index (χ4v) is 13.3. The zero-order valence-electron chi connectivity index (χ0n) is 59.0. The number of phenols is 3. The molecule has 3 aliphatic rings.